The van der Waals surface area contributed by atoms with E-state index in [4.69, 9.17) is 9.47 Å². The molecule has 1 amide bonds. The summed E-state index contributed by atoms with van der Waals surface area (Å²) < 4.78 is 12.1. The molecule has 2 aromatic carbocycles. The van der Waals surface area contributed by atoms with Crippen LogP contribution in [0.25, 0.3) is 0 Å². The van der Waals surface area contributed by atoms with Crippen LogP contribution < -0.4 is 14.8 Å². The quantitative estimate of drug-likeness (QED) is 0.840. The molecule has 1 N–H and O–H groups in total. The van der Waals surface area contributed by atoms with Gasteiger partial charge in [-0.05, 0) is 54.0 Å². The van der Waals surface area contributed by atoms with Crippen LogP contribution in [0.15, 0.2) is 46.9 Å². The van der Waals surface area contributed by atoms with E-state index < -0.39 is 0 Å². The van der Waals surface area contributed by atoms with Crippen LogP contribution in [0.1, 0.15) is 42.2 Å². The van der Waals surface area contributed by atoms with Gasteiger partial charge in [0.1, 0.15) is 17.1 Å². The number of benzene rings is 2. The Morgan fingerprint density at radius 1 is 1.29 bits per heavy atom. The molecule has 0 aromatic heterocycles. The van der Waals surface area contributed by atoms with Gasteiger partial charge < -0.3 is 14.8 Å². The van der Waals surface area contributed by atoms with Gasteiger partial charge in [0, 0.05) is 22.5 Å². The van der Waals surface area contributed by atoms with Crippen molar-refractivity contribution in [2.45, 2.75) is 31.9 Å². The van der Waals surface area contributed by atoms with Gasteiger partial charge in [-0.2, -0.15) is 0 Å². The number of methoxy groups -OCH3 is 1. The third-order valence-corrected chi connectivity index (χ3v) is 4.79. The average Bonchev–Trinajstić information content (AvgIpc) is 2.53. The molecule has 1 aliphatic heterocycles. The van der Waals surface area contributed by atoms with Crippen LogP contribution in [0, 0.1) is 0 Å². The summed E-state index contributed by atoms with van der Waals surface area (Å²) in [5, 5.41) is 3.14. The van der Waals surface area contributed by atoms with E-state index in [9.17, 15) is 4.79 Å². The molecule has 0 bridgehead atoms. The van der Waals surface area contributed by atoms with E-state index >= 15 is 0 Å². The predicted octanol–water partition coefficient (Wildman–Crippen LogP) is 4.49. The monoisotopic (exact) mass is 389 g/mol. The molecule has 0 saturated heterocycles. The second-order valence-electron chi connectivity index (χ2n) is 6.48. The van der Waals surface area contributed by atoms with Gasteiger partial charge in [-0.1, -0.05) is 12.1 Å². The maximum absolute atomic E-state index is 12.7. The molecular formula is C19H20BrNO3. The summed E-state index contributed by atoms with van der Waals surface area (Å²) in [6.07, 6.45) is 0.697. The Balaban J connectivity index is 1.91. The van der Waals surface area contributed by atoms with Crippen molar-refractivity contribution < 1.29 is 14.3 Å². The molecule has 1 atom stereocenters. The van der Waals surface area contributed by atoms with Crippen molar-refractivity contribution in [1.29, 1.82) is 0 Å². The first-order valence-corrected chi connectivity index (χ1v) is 8.61. The lowest BCUT2D eigenvalue weighted by Gasteiger charge is -2.38. The smallest absolute Gasteiger partial charge is 0.252 e. The van der Waals surface area contributed by atoms with Crippen molar-refractivity contribution in [2.75, 3.05) is 7.11 Å². The van der Waals surface area contributed by atoms with Crippen LogP contribution in [0.3, 0.4) is 0 Å². The lowest BCUT2D eigenvalue weighted by molar-refractivity contribution is 0.0617. The van der Waals surface area contributed by atoms with Gasteiger partial charge in [-0.3, -0.25) is 4.79 Å². The first-order chi connectivity index (χ1) is 11.4. The number of fused-ring (bicyclic) bond motifs is 1. The number of amides is 1. The number of hydrogen-bond donors (Lipinski definition) is 1. The van der Waals surface area contributed by atoms with Gasteiger partial charge in [0.05, 0.1) is 18.7 Å². The number of ether oxygens (including phenoxy) is 2. The van der Waals surface area contributed by atoms with Crippen LogP contribution in [0.4, 0.5) is 0 Å². The lowest BCUT2D eigenvalue weighted by Crippen LogP contribution is -2.41. The zero-order chi connectivity index (χ0) is 17.3. The van der Waals surface area contributed by atoms with E-state index in [-0.39, 0.29) is 17.6 Å². The fourth-order valence-electron chi connectivity index (χ4n) is 2.97. The third kappa shape index (κ3) is 3.41. The predicted molar refractivity (Wildman–Crippen MR) is 96.7 cm³/mol. The van der Waals surface area contributed by atoms with E-state index in [1.54, 1.807) is 13.2 Å². The van der Waals surface area contributed by atoms with Crippen molar-refractivity contribution in [3.63, 3.8) is 0 Å². The van der Waals surface area contributed by atoms with Crippen LogP contribution >= 0.6 is 15.9 Å². The Morgan fingerprint density at radius 2 is 2.04 bits per heavy atom. The second kappa shape index (κ2) is 6.48. The fourth-order valence-corrected chi connectivity index (χ4v) is 3.43. The van der Waals surface area contributed by atoms with E-state index in [2.05, 4.69) is 21.2 Å². The minimum absolute atomic E-state index is 0.105. The summed E-state index contributed by atoms with van der Waals surface area (Å²) in [6, 6.07) is 13.0. The normalized spacial score (nSPS) is 18.2. The Labute approximate surface area is 150 Å². The summed E-state index contributed by atoms with van der Waals surface area (Å²) in [5.74, 6) is 1.39. The maximum atomic E-state index is 12.7. The van der Waals surface area contributed by atoms with E-state index in [0.29, 0.717) is 12.0 Å². The average molecular weight is 390 g/mol. The van der Waals surface area contributed by atoms with Gasteiger partial charge in [-0.15, -0.1) is 0 Å². The van der Waals surface area contributed by atoms with Gasteiger partial charge >= 0.3 is 0 Å². The molecule has 4 nitrogen and oxygen atoms in total. The maximum Gasteiger partial charge on any atom is 0.252 e. The highest BCUT2D eigenvalue weighted by atomic mass is 79.9. The molecule has 0 saturated carbocycles. The number of carbonyl (C=O) groups excluding carboxylic acids is 1. The van der Waals surface area contributed by atoms with Crippen molar-refractivity contribution in [3.05, 3.63) is 58.1 Å². The highest BCUT2D eigenvalue weighted by Gasteiger charge is 2.35. The third-order valence-electron chi connectivity index (χ3n) is 4.10. The number of rotatable bonds is 3. The van der Waals surface area contributed by atoms with Crippen LogP contribution in [-0.2, 0) is 0 Å². The Hall–Kier alpha value is -2.01. The Bertz CT molecular complexity index is 773. The molecule has 2 aromatic rings. The van der Waals surface area contributed by atoms with Crippen molar-refractivity contribution >= 4 is 21.8 Å². The van der Waals surface area contributed by atoms with E-state index in [1.807, 2.05) is 50.2 Å². The summed E-state index contributed by atoms with van der Waals surface area (Å²) in [6.45, 7) is 4.04. The molecule has 5 heteroatoms. The summed E-state index contributed by atoms with van der Waals surface area (Å²) in [7, 11) is 1.63. The van der Waals surface area contributed by atoms with Crippen molar-refractivity contribution in [2.24, 2.45) is 0 Å². The SMILES string of the molecule is COc1ccc2c(c1)OC(C)(C)C[C@H]2NC(=O)c1ccccc1Br. The Kier molecular flexibility index (Phi) is 4.54. The molecule has 0 unspecified atom stereocenters. The standard InChI is InChI=1S/C19H20BrNO3/c1-19(2)11-16(14-9-8-12(23-3)10-17(14)24-19)21-18(22)13-6-4-5-7-15(13)20/h4-10,16H,11H2,1-3H3,(H,21,22)/t16-/m1/s1. The molecule has 0 radical (unpaired) electrons. The zero-order valence-corrected chi connectivity index (χ0v) is 15.5. The molecule has 0 spiro atoms. The first kappa shape index (κ1) is 16.8. The molecule has 0 fully saturated rings. The lowest BCUT2D eigenvalue weighted by atomic mass is 9.89. The summed E-state index contributed by atoms with van der Waals surface area (Å²) in [5.41, 5.74) is 1.22. The van der Waals surface area contributed by atoms with E-state index in [1.165, 1.54) is 0 Å². The first-order valence-electron chi connectivity index (χ1n) is 7.82. The van der Waals surface area contributed by atoms with Gasteiger partial charge in [-0.25, -0.2) is 0 Å². The van der Waals surface area contributed by atoms with Gasteiger partial charge in [0.2, 0.25) is 0 Å². The highest BCUT2D eigenvalue weighted by Crippen LogP contribution is 2.41. The van der Waals surface area contributed by atoms with Crippen LogP contribution in [0.5, 0.6) is 11.5 Å². The number of carbonyl (C=O) groups is 1. The second-order valence-corrected chi connectivity index (χ2v) is 7.33. The van der Waals surface area contributed by atoms with Crippen LogP contribution in [0.2, 0.25) is 0 Å². The molecule has 24 heavy (non-hydrogen) atoms. The molecule has 126 valence electrons. The minimum atomic E-state index is -0.370. The fraction of sp³-hybridized carbons (Fsp3) is 0.316. The molecule has 0 aliphatic carbocycles. The highest BCUT2D eigenvalue weighted by molar-refractivity contribution is 9.10. The molecule has 3 rings (SSSR count). The summed E-state index contributed by atoms with van der Waals surface area (Å²) >= 11 is 3.43. The number of nitrogens with one attached hydrogen (secondary N) is 1. The topological polar surface area (TPSA) is 47.6 Å². The molecule has 1 aliphatic rings. The van der Waals surface area contributed by atoms with Crippen LogP contribution in [-0.4, -0.2) is 18.6 Å². The Morgan fingerprint density at radius 3 is 2.75 bits per heavy atom. The summed E-state index contributed by atoms with van der Waals surface area (Å²) in [4.78, 5) is 12.7. The number of hydrogen-bond acceptors (Lipinski definition) is 3. The number of halogens is 1. The minimum Gasteiger partial charge on any atom is -0.497 e. The largest absolute Gasteiger partial charge is 0.497 e. The van der Waals surface area contributed by atoms with Gasteiger partial charge in [0.15, 0.2) is 0 Å². The zero-order valence-electron chi connectivity index (χ0n) is 13.9. The van der Waals surface area contributed by atoms with Gasteiger partial charge in [0.25, 0.3) is 5.91 Å². The van der Waals surface area contributed by atoms with Crippen molar-refractivity contribution in [3.8, 4) is 11.5 Å². The molecular weight excluding hydrogens is 370 g/mol. The van der Waals surface area contributed by atoms with Crippen molar-refractivity contribution in [1.82, 2.24) is 5.32 Å². The molecule has 1 heterocycles. The van der Waals surface area contributed by atoms with E-state index in [0.717, 1.165) is 21.5 Å².